The van der Waals surface area contributed by atoms with E-state index in [9.17, 15) is 9.18 Å². The summed E-state index contributed by atoms with van der Waals surface area (Å²) in [4.78, 5) is 11.4. The molecule has 1 atom stereocenters. The molecule has 0 aliphatic heterocycles. The number of hydrogen-bond donors (Lipinski definition) is 1. The van der Waals surface area contributed by atoms with Crippen molar-refractivity contribution in [2.45, 2.75) is 19.4 Å². The van der Waals surface area contributed by atoms with Gasteiger partial charge in [-0.2, -0.15) is 0 Å². The maximum absolute atomic E-state index is 12.5. The van der Waals surface area contributed by atoms with Crippen molar-refractivity contribution in [1.29, 1.82) is 0 Å². The SMILES string of the molecule is C[C@H](N)CC(=O)c1ccc(F)cc1. The van der Waals surface area contributed by atoms with Gasteiger partial charge in [0.1, 0.15) is 5.82 Å². The van der Waals surface area contributed by atoms with Crippen LogP contribution in [-0.4, -0.2) is 11.8 Å². The second kappa shape index (κ2) is 4.14. The quantitative estimate of drug-likeness (QED) is 0.722. The molecule has 2 nitrogen and oxygen atoms in total. The van der Waals surface area contributed by atoms with Crippen LogP contribution in [0.4, 0.5) is 4.39 Å². The summed E-state index contributed by atoms with van der Waals surface area (Å²) in [5, 5.41) is 0. The fourth-order valence-electron chi connectivity index (χ4n) is 1.05. The van der Waals surface area contributed by atoms with Gasteiger partial charge in [0.2, 0.25) is 0 Å². The molecule has 2 N–H and O–H groups in total. The van der Waals surface area contributed by atoms with Gasteiger partial charge in [-0.1, -0.05) is 0 Å². The molecule has 0 bridgehead atoms. The predicted octanol–water partition coefficient (Wildman–Crippen LogP) is 1.75. The molecule has 1 aromatic rings. The van der Waals surface area contributed by atoms with Gasteiger partial charge in [0.05, 0.1) is 0 Å². The zero-order chi connectivity index (χ0) is 9.84. The predicted molar refractivity (Wildman–Crippen MR) is 49.0 cm³/mol. The van der Waals surface area contributed by atoms with Gasteiger partial charge in [-0.15, -0.1) is 0 Å². The first-order valence-corrected chi connectivity index (χ1v) is 4.14. The van der Waals surface area contributed by atoms with Crippen LogP contribution in [0.15, 0.2) is 24.3 Å². The minimum absolute atomic E-state index is 0.0463. The molecule has 1 aromatic carbocycles. The van der Waals surface area contributed by atoms with E-state index >= 15 is 0 Å². The van der Waals surface area contributed by atoms with Crippen LogP contribution in [0.25, 0.3) is 0 Å². The fourth-order valence-corrected chi connectivity index (χ4v) is 1.05. The summed E-state index contributed by atoms with van der Waals surface area (Å²) in [5.74, 6) is -0.382. The van der Waals surface area contributed by atoms with E-state index in [0.29, 0.717) is 12.0 Å². The lowest BCUT2D eigenvalue weighted by Gasteiger charge is -2.03. The van der Waals surface area contributed by atoms with Gasteiger partial charge in [-0.25, -0.2) is 4.39 Å². The first-order chi connectivity index (χ1) is 6.09. The highest BCUT2D eigenvalue weighted by Gasteiger charge is 2.07. The maximum Gasteiger partial charge on any atom is 0.164 e. The topological polar surface area (TPSA) is 43.1 Å². The molecule has 0 aliphatic carbocycles. The summed E-state index contributed by atoms with van der Waals surface area (Å²) in [6.45, 7) is 1.77. The summed E-state index contributed by atoms with van der Waals surface area (Å²) >= 11 is 0. The van der Waals surface area contributed by atoms with Gasteiger partial charge in [-0.05, 0) is 31.2 Å². The molecule has 0 aliphatic rings. The van der Waals surface area contributed by atoms with E-state index in [2.05, 4.69) is 0 Å². The van der Waals surface area contributed by atoms with Gasteiger partial charge in [-0.3, -0.25) is 4.79 Å². The zero-order valence-corrected chi connectivity index (χ0v) is 7.46. The molecule has 0 saturated carbocycles. The third-order valence-electron chi connectivity index (χ3n) is 1.67. The molecule has 0 saturated heterocycles. The second-order valence-corrected chi connectivity index (χ2v) is 3.11. The highest BCUT2D eigenvalue weighted by atomic mass is 19.1. The van der Waals surface area contributed by atoms with Crippen molar-refractivity contribution in [3.63, 3.8) is 0 Å². The number of halogens is 1. The third kappa shape index (κ3) is 2.95. The van der Waals surface area contributed by atoms with Crippen molar-refractivity contribution in [3.8, 4) is 0 Å². The molecule has 0 radical (unpaired) electrons. The van der Waals surface area contributed by atoms with E-state index in [0.717, 1.165) is 0 Å². The summed E-state index contributed by atoms with van der Waals surface area (Å²) in [5.41, 5.74) is 5.98. The van der Waals surface area contributed by atoms with Crippen LogP contribution in [0.3, 0.4) is 0 Å². The van der Waals surface area contributed by atoms with Crippen molar-refractivity contribution in [2.24, 2.45) is 5.73 Å². The average molecular weight is 181 g/mol. The van der Waals surface area contributed by atoms with Crippen LogP contribution < -0.4 is 5.73 Å². The molecule has 0 fully saturated rings. The van der Waals surface area contributed by atoms with Crippen LogP contribution in [-0.2, 0) is 0 Å². The number of ketones is 1. The lowest BCUT2D eigenvalue weighted by Crippen LogP contribution is -2.19. The Kier molecular flexibility index (Phi) is 3.14. The molecule has 70 valence electrons. The Balaban J connectivity index is 2.72. The van der Waals surface area contributed by atoms with Crippen molar-refractivity contribution < 1.29 is 9.18 Å². The number of carbonyl (C=O) groups excluding carboxylic acids is 1. The standard InChI is InChI=1S/C10H12FNO/c1-7(12)6-10(13)8-2-4-9(11)5-3-8/h2-5,7H,6,12H2,1H3/t7-/m0/s1. The Morgan fingerprint density at radius 3 is 2.46 bits per heavy atom. The van der Waals surface area contributed by atoms with Gasteiger partial charge in [0.15, 0.2) is 5.78 Å². The smallest absolute Gasteiger partial charge is 0.164 e. The van der Waals surface area contributed by atoms with Crippen molar-refractivity contribution >= 4 is 5.78 Å². The molecule has 0 aromatic heterocycles. The van der Waals surface area contributed by atoms with Gasteiger partial charge >= 0.3 is 0 Å². The number of benzene rings is 1. The Hall–Kier alpha value is -1.22. The third-order valence-corrected chi connectivity index (χ3v) is 1.67. The lowest BCUT2D eigenvalue weighted by molar-refractivity contribution is 0.0976. The number of rotatable bonds is 3. The second-order valence-electron chi connectivity index (χ2n) is 3.11. The summed E-state index contributed by atoms with van der Waals surface area (Å²) in [7, 11) is 0. The summed E-state index contributed by atoms with van der Waals surface area (Å²) < 4.78 is 12.5. The Bertz CT molecular complexity index is 292. The molecular formula is C10H12FNO. The van der Waals surface area contributed by atoms with Crippen LogP contribution in [0.1, 0.15) is 23.7 Å². The van der Waals surface area contributed by atoms with Crippen LogP contribution in [0.2, 0.25) is 0 Å². The fraction of sp³-hybridized carbons (Fsp3) is 0.300. The molecule has 0 spiro atoms. The minimum Gasteiger partial charge on any atom is -0.328 e. The van der Waals surface area contributed by atoms with Crippen LogP contribution in [0, 0.1) is 5.82 Å². The Morgan fingerprint density at radius 2 is 2.00 bits per heavy atom. The van der Waals surface area contributed by atoms with Gasteiger partial charge < -0.3 is 5.73 Å². The van der Waals surface area contributed by atoms with E-state index in [1.165, 1.54) is 24.3 Å². The molecule has 1 rings (SSSR count). The van der Waals surface area contributed by atoms with Crippen LogP contribution in [0.5, 0.6) is 0 Å². The van der Waals surface area contributed by atoms with Crippen LogP contribution >= 0.6 is 0 Å². The molecule has 13 heavy (non-hydrogen) atoms. The maximum atomic E-state index is 12.5. The molecular weight excluding hydrogens is 169 g/mol. The Labute approximate surface area is 76.6 Å². The number of carbonyl (C=O) groups is 1. The van der Waals surface area contributed by atoms with Crippen molar-refractivity contribution in [3.05, 3.63) is 35.6 Å². The van der Waals surface area contributed by atoms with E-state index in [-0.39, 0.29) is 17.6 Å². The van der Waals surface area contributed by atoms with E-state index in [4.69, 9.17) is 5.73 Å². The van der Waals surface area contributed by atoms with Crippen molar-refractivity contribution in [2.75, 3.05) is 0 Å². The molecule has 0 unspecified atom stereocenters. The van der Waals surface area contributed by atoms with E-state index in [1.807, 2.05) is 0 Å². The first kappa shape index (κ1) is 9.86. The minimum atomic E-state index is -0.336. The first-order valence-electron chi connectivity index (χ1n) is 4.14. The summed E-state index contributed by atoms with van der Waals surface area (Å²) in [6.07, 6.45) is 0.297. The van der Waals surface area contributed by atoms with Crippen molar-refractivity contribution in [1.82, 2.24) is 0 Å². The normalized spacial score (nSPS) is 12.5. The number of hydrogen-bond acceptors (Lipinski definition) is 2. The lowest BCUT2D eigenvalue weighted by atomic mass is 10.1. The zero-order valence-electron chi connectivity index (χ0n) is 7.46. The molecule has 0 heterocycles. The van der Waals surface area contributed by atoms with Gasteiger partial charge in [0.25, 0.3) is 0 Å². The highest BCUT2D eigenvalue weighted by Crippen LogP contribution is 2.06. The Morgan fingerprint density at radius 1 is 1.46 bits per heavy atom. The van der Waals surface area contributed by atoms with Gasteiger partial charge in [0, 0.05) is 18.0 Å². The summed E-state index contributed by atoms with van der Waals surface area (Å²) in [6, 6.07) is 5.33. The van der Waals surface area contributed by atoms with E-state index in [1.54, 1.807) is 6.92 Å². The van der Waals surface area contributed by atoms with E-state index < -0.39 is 0 Å². The largest absolute Gasteiger partial charge is 0.328 e. The molecule has 0 amide bonds. The number of Topliss-reactive ketones (excluding diaryl/α,β-unsaturated/α-hetero) is 1. The average Bonchev–Trinajstić information content (AvgIpc) is 2.04. The monoisotopic (exact) mass is 181 g/mol. The number of nitrogens with two attached hydrogens (primary N) is 1. The molecule has 3 heteroatoms. The highest BCUT2D eigenvalue weighted by molar-refractivity contribution is 5.96.